The minimum absolute atomic E-state index is 0.165. The number of amides is 1. The van der Waals surface area contributed by atoms with Gasteiger partial charge < -0.3 is 14.2 Å². The van der Waals surface area contributed by atoms with E-state index < -0.39 is 0 Å². The monoisotopic (exact) mass is 483 g/mol. The number of likely N-dealkylation sites (tertiary alicyclic amines) is 1. The van der Waals surface area contributed by atoms with Crippen LogP contribution in [0.1, 0.15) is 72.0 Å². The molecule has 1 saturated heterocycles. The Balaban J connectivity index is 1.44. The smallest absolute Gasteiger partial charge is 0.255 e. The van der Waals surface area contributed by atoms with Crippen LogP contribution in [-0.4, -0.2) is 33.4 Å². The molecule has 2 aromatic heterocycles. The zero-order valence-corrected chi connectivity index (χ0v) is 20.6. The molecule has 1 aromatic carbocycles. The van der Waals surface area contributed by atoms with Gasteiger partial charge in [-0.15, -0.1) is 11.3 Å². The summed E-state index contributed by atoms with van der Waals surface area (Å²) in [5.74, 6) is 0.828. The van der Waals surface area contributed by atoms with Gasteiger partial charge in [-0.1, -0.05) is 43.0 Å². The molecule has 0 radical (unpaired) electrons. The Bertz CT molecular complexity index is 1130. The van der Waals surface area contributed by atoms with E-state index in [4.69, 9.17) is 21.3 Å². The lowest BCUT2D eigenvalue weighted by Gasteiger charge is -2.27. The Morgan fingerprint density at radius 3 is 2.67 bits per heavy atom. The maximum Gasteiger partial charge on any atom is 0.255 e. The summed E-state index contributed by atoms with van der Waals surface area (Å²) in [6.07, 6.45) is 8.30. The third-order valence-electron chi connectivity index (χ3n) is 6.86. The number of carbonyl (C=O) groups is 1. The number of halogens is 1. The van der Waals surface area contributed by atoms with E-state index in [0.717, 1.165) is 66.4 Å². The van der Waals surface area contributed by atoms with Crippen molar-refractivity contribution >= 4 is 28.8 Å². The van der Waals surface area contributed by atoms with E-state index >= 15 is 0 Å². The molecule has 3 heterocycles. The van der Waals surface area contributed by atoms with Crippen molar-refractivity contribution < 1.29 is 9.53 Å². The highest BCUT2D eigenvalue weighted by Gasteiger charge is 2.28. The summed E-state index contributed by atoms with van der Waals surface area (Å²) < 4.78 is 8.30. The van der Waals surface area contributed by atoms with Crippen LogP contribution >= 0.6 is 22.9 Å². The van der Waals surface area contributed by atoms with Crippen molar-refractivity contribution in [3.63, 3.8) is 0 Å². The maximum atomic E-state index is 13.3. The molecule has 1 aliphatic carbocycles. The first-order valence-corrected chi connectivity index (χ1v) is 13.2. The van der Waals surface area contributed by atoms with Gasteiger partial charge in [-0.05, 0) is 50.8 Å². The molecule has 0 N–H and O–H groups in total. The fourth-order valence-electron chi connectivity index (χ4n) is 5.13. The number of hydrogen-bond donors (Lipinski definition) is 0. The average Bonchev–Trinajstić information content (AvgIpc) is 3.59. The van der Waals surface area contributed by atoms with Crippen LogP contribution in [-0.2, 0) is 6.61 Å². The summed E-state index contributed by atoms with van der Waals surface area (Å²) in [5, 5.41) is 3.58. The predicted molar refractivity (Wildman–Crippen MR) is 133 cm³/mol. The zero-order chi connectivity index (χ0) is 22.8. The van der Waals surface area contributed by atoms with Gasteiger partial charge in [0.1, 0.15) is 17.4 Å². The van der Waals surface area contributed by atoms with E-state index in [1.807, 2.05) is 29.2 Å². The van der Waals surface area contributed by atoms with Crippen molar-refractivity contribution in [1.29, 1.82) is 0 Å². The topological polar surface area (TPSA) is 47.4 Å². The number of para-hydroxylation sites is 1. The predicted octanol–water partition coefficient (Wildman–Crippen LogP) is 6.89. The van der Waals surface area contributed by atoms with Crippen LogP contribution in [0.2, 0.25) is 5.02 Å². The summed E-state index contributed by atoms with van der Waals surface area (Å²) >= 11 is 7.81. The molecular formula is C26H30ClN3O2S. The lowest BCUT2D eigenvalue weighted by Crippen LogP contribution is -2.28. The first-order chi connectivity index (χ1) is 16.1. The van der Waals surface area contributed by atoms with Crippen LogP contribution in [0.25, 0.3) is 11.4 Å². The molecule has 0 bridgehead atoms. The maximum absolute atomic E-state index is 13.3. The summed E-state index contributed by atoms with van der Waals surface area (Å²) in [5.41, 5.74) is 3.89. The first-order valence-electron chi connectivity index (χ1n) is 11.9. The Hall–Kier alpha value is -2.31. The highest BCUT2D eigenvalue weighted by atomic mass is 35.5. The van der Waals surface area contributed by atoms with E-state index in [0.29, 0.717) is 23.4 Å². The molecule has 0 unspecified atom stereocenters. The number of aromatic nitrogens is 2. The largest absolute Gasteiger partial charge is 0.485 e. The van der Waals surface area contributed by atoms with Gasteiger partial charge in [-0.25, -0.2) is 4.98 Å². The normalized spacial score (nSPS) is 17.0. The summed E-state index contributed by atoms with van der Waals surface area (Å²) in [7, 11) is 0. The number of hydrogen-bond acceptors (Lipinski definition) is 4. The van der Waals surface area contributed by atoms with Gasteiger partial charge in [0.2, 0.25) is 0 Å². The highest BCUT2D eigenvalue weighted by Crippen LogP contribution is 2.37. The molecule has 5 rings (SSSR count). The fraction of sp³-hybridized carbons (Fsp3) is 0.462. The van der Waals surface area contributed by atoms with Gasteiger partial charge in [-0.3, -0.25) is 4.79 Å². The second-order valence-corrected chi connectivity index (χ2v) is 10.4. The van der Waals surface area contributed by atoms with Crippen LogP contribution in [0.15, 0.2) is 35.7 Å². The SMILES string of the molecule is Cc1c(C(=O)N2CCCC2)cc(-c2csc(COc3ccccc3Cl)n2)n1C1CCCCC1. The average molecular weight is 484 g/mol. The lowest BCUT2D eigenvalue weighted by atomic mass is 9.95. The van der Waals surface area contributed by atoms with Gasteiger partial charge in [-0.2, -0.15) is 0 Å². The van der Waals surface area contributed by atoms with E-state index in [-0.39, 0.29) is 5.91 Å². The fourth-order valence-corrected chi connectivity index (χ4v) is 6.02. The third-order valence-corrected chi connectivity index (χ3v) is 7.99. The van der Waals surface area contributed by atoms with Crippen LogP contribution < -0.4 is 4.74 Å². The zero-order valence-electron chi connectivity index (χ0n) is 19.1. The van der Waals surface area contributed by atoms with Crippen LogP contribution in [0, 0.1) is 6.92 Å². The first kappa shape index (κ1) is 22.5. The van der Waals surface area contributed by atoms with Crippen LogP contribution in [0.3, 0.4) is 0 Å². The van der Waals surface area contributed by atoms with Crippen molar-refractivity contribution in [3.05, 3.63) is 57.0 Å². The molecule has 1 aliphatic heterocycles. The molecule has 0 atom stereocenters. The molecule has 2 fully saturated rings. The van der Waals surface area contributed by atoms with Crippen molar-refractivity contribution in [2.45, 2.75) is 64.5 Å². The number of carbonyl (C=O) groups excluding carboxylic acids is 1. The van der Waals surface area contributed by atoms with E-state index in [9.17, 15) is 4.79 Å². The number of ether oxygens (including phenoxy) is 1. The molecular weight excluding hydrogens is 454 g/mol. The molecule has 174 valence electrons. The minimum Gasteiger partial charge on any atom is -0.485 e. The van der Waals surface area contributed by atoms with Gasteiger partial charge in [0.05, 0.1) is 22.0 Å². The Morgan fingerprint density at radius 1 is 1.15 bits per heavy atom. The van der Waals surface area contributed by atoms with Gasteiger partial charge in [0.15, 0.2) is 0 Å². The van der Waals surface area contributed by atoms with E-state index in [2.05, 4.69) is 22.9 Å². The Kier molecular flexibility index (Phi) is 6.74. The van der Waals surface area contributed by atoms with Crippen LogP contribution in [0.5, 0.6) is 5.75 Å². The summed E-state index contributed by atoms with van der Waals surface area (Å²) in [4.78, 5) is 20.2. The number of nitrogens with zero attached hydrogens (tertiary/aromatic N) is 3. The summed E-state index contributed by atoms with van der Waals surface area (Å²) in [6.45, 7) is 4.21. The van der Waals surface area contributed by atoms with Crippen LogP contribution in [0.4, 0.5) is 0 Å². The number of thiazole rings is 1. The highest BCUT2D eigenvalue weighted by molar-refractivity contribution is 7.09. The number of rotatable bonds is 6. The molecule has 3 aromatic rings. The van der Waals surface area contributed by atoms with E-state index in [1.54, 1.807) is 11.3 Å². The van der Waals surface area contributed by atoms with Gasteiger partial charge in [0.25, 0.3) is 5.91 Å². The Labute approximate surface area is 204 Å². The lowest BCUT2D eigenvalue weighted by molar-refractivity contribution is 0.0792. The van der Waals surface area contributed by atoms with Crippen molar-refractivity contribution in [1.82, 2.24) is 14.5 Å². The standard InChI is InChI=1S/C26H30ClN3O2S/c1-18-20(26(31)29-13-7-8-14-29)15-23(30(18)19-9-3-2-4-10-19)22-17-33-25(28-22)16-32-24-12-6-5-11-21(24)27/h5-6,11-12,15,17,19H,2-4,7-10,13-14,16H2,1H3. The molecule has 2 aliphatic rings. The summed E-state index contributed by atoms with van der Waals surface area (Å²) in [6, 6.07) is 10.00. The van der Waals surface area contributed by atoms with Crippen molar-refractivity contribution in [2.24, 2.45) is 0 Å². The third kappa shape index (κ3) is 4.69. The molecule has 33 heavy (non-hydrogen) atoms. The second kappa shape index (κ2) is 9.90. The molecule has 7 heteroatoms. The molecule has 5 nitrogen and oxygen atoms in total. The Morgan fingerprint density at radius 2 is 1.91 bits per heavy atom. The van der Waals surface area contributed by atoms with Crippen molar-refractivity contribution in [3.8, 4) is 17.1 Å². The quantitative estimate of drug-likeness (QED) is 0.383. The molecule has 0 spiro atoms. The number of benzene rings is 1. The minimum atomic E-state index is 0.165. The molecule has 1 amide bonds. The van der Waals surface area contributed by atoms with Gasteiger partial charge in [0, 0.05) is 30.2 Å². The van der Waals surface area contributed by atoms with Crippen molar-refractivity contribution in [2.75, 3.05) is 13.1 Å². The molecule has 1 saturated carbocycles. The second-order valence-electron chi connectivity index (χ2n) is 9.04. The van der Waals surface area contributed by atoms with Gasteiger partial charge >= 0.3 is 0 Å². The van der Waals surface area contributed by atoms with E-state index in [1.165, 1.54) is 19.3 Å².